The van der Waals surface area contributed by atoms with E-state index in [-0.39, 0.29) is 17.9 Å². The molecule has 0 aliphatic carbocycles. The molecule has 3 unspecified atom stereocenters. The van der Waals surface area contributed by atoms with Gasteiger partial charge in [0.15, 0.2) is 0 Å². The van der Waals surface area contributed by atoms with Gasteiger partial charge < -0.3 is 10.5 Å². The molecule has 2 N–H and O–H groups in total. The molecular weight excluding hydrogens is 243 g/mol. The Balaban J connectivity index is 2.26. The average molecular weight is 266 g/mol. The number of methoxy groups -OCH3 is 1. The molecule has 1 aromatic rings. The summed E-state index contributed by atoms with van der Waals surface area (Å²) in [6.07, 6.45) is 1.04. The lowest BCUT2D eigenvalue weighted by Gasteiger charge is -2.39. The van der Waals surface area contributed by atoms with Crippen molar-refractivity contribution in [1.82, 2.24) is 4.90 Å². The number of benzene rings is 1. The van der Waals surface area contributed by atoms with Crippen molar-refractivity contribution in [2.24, 2.45) is 11.7 Å². The highest BCUT2D eigenvalue weighted by Crippen LogP contribution is 2.33. The van der Waals surface area contributed by atoms with Gasteiger partial charge in [0.25, 0.3) is 0 Å². The molecule has 0 spiro atoms. The van der Waals surface area contributed by atoms with Crippen LogP contribution in [0.1, 0.15) is 31.9 Å². The fourth-order valence-electron chi connectivity index (χ4n) is 3.04. The third-order valence-corrected chi connectivity index (χ3v) is 3.92. The monoisotopic (exact) mass is 266 g/mol. The highest BCUT2D eigenvalue weighted by atomic mass is 19.1. The summed E-state index contributed by atoms with van der Waals surface area (Å²) in [7, 11) is 1.58. The summed E-state index contributed by atoms with van der Waals surface area (Å²) in [5, 5.41) is 0. The average Bonchev–Trinajstić information content (AvgIpc) is 2.36. The van der Waals surface area contributed by atoms with E-state index in [1.165, 1.54) is 6.07 Å². The van der Waals surface area contributed by atoms with Gasteiger partial charge in [-0.05, 0) is 31.4 Å². The van der Waals surface area contributed by atoms with E-state index < -0.39 is 0 Å². The molecule has 3 nitrogen and oxygen atoms in total. The van der Waals surface area contributed by atoms with Crippen molar-refractivity contribution in [3.05, 3.63) is 29.6 Å². The van der Waals surface area contributed by atoms with Crippen LogP contribution < -0.4 is 10.5 Å². The van der Waals surface area contributed by atoms with Crippen LogP contribution in [0.3, 0.4) is 0 Å². The van der Waals surface area contributed by atoms with Crippen LogP contribution in [0.15, 0.2) is 18.2 Å². The van der Waals surface area contributed by atoms with Crippen LogP contribution in [0.2, 0.25) is 0 Å². The van der Waals surface area contributed by atoms with E-state index in [4.69, 9.17) is 10.5 Å². The van der Waals surface area contributed by atoms with E-state index >= 15 is 0 Å². The van der Waals surface area contributed by atoms with Gasteiger partial charge in [-0.2, -0.15) is 0 Å². The van der Waals surface area contributed by atoms with E-state index in [1.54, 1.807) is 13.2 Å². The van der Waals surface area contributed by atoms with Crippen molar-refractivity contribution in [3.8, 4) is 5.75 Å². The lowest BCUT2D eigenvalue weighted by molar-refractivity contribution is 0.120. The smallest absolute Gasteiger partial charge is 0.131 e. The molecule has 2 rings (SSSR count). The molecule has 0 amide bonds. The predicted octanol–water partition coefficient (Wildman–Crippen LogP) is 2.56. The van der Waals surface area contributed by atoms with Crippen molar-refractivity contribution in [2.75, 3.05) is 20.2 Å². The van der Waals surface area contributed by atoms with Crippen molar-refractivity contribution < 1.29 is 9.13 Å². The first-order chi connectivity index (χ1) is 9.02. The lowest BCUT2D eigenvalue weighted by atomic mass is 9.93. The third kappa shape index (κ3) is 3.07. The maximum atomic E-state index is 14.1. The summed E-state index contributed by atoms with van der Waals surface area (Å²) in [6.45, 7) is 5.97. The minimum atomic E-state index is -0.210. The Kier molecular flexibility index (Phi) is 4.42. The Morgan fingerprint density at radius 3 is 2.79 bits per heavy atom. The highest BCUT2D eigenvalue weighted by molar-refractivity contribution is 5.37. The number of rotatable bonds is 3. The Morgan fingerprint density at radius 1 is 1.42 bits per heavy atom. The number of hydrogen-bond donors (Lipinski definition) is 1. The molecule has 3 atom stereocenters. The Hall–Kier alpha value is -1.13. The molecule has 106 valence electrons. The van der Waals surface area contributed by atoms with Crippen LogP contribution >= 0.6 is 0 Å². The maximum absolute atomic E-state index is 14.1. The van der Waals surface area contributed by atoms with Gasteiger partial charge in [-0.25, -0.2) is 4.39 Å². The molecule has 0 bridgehead atoms. The summed E-state index contributed by atoms with van der Waals surface area (Å²) in [4.78, 5) is 2.25. The predicted molar refractivity (Wildman–Crippen MR) is 74.7 cm³/mol. The van der Waals surface area contributed by atoms with Gasteiger partial charge in [0.2, 0.25) is 0 Å². The summed E-state index contributed by atoms with van der Waals surface area (Å²) in [6, 6.07) is 5.12. The molecule has 1 aliphatic rings. The fourth-order valence-corrected chi connectivity index (χ4v) is 3.04. The summed E-state index contributed by atoms with van der Waals surface area (Å²) in [5.41, 5.74) is 6.70. The number of likely N-dealkylation sites (tertiary alicyclic amines) is 1. The third-order valence-electron chi connectivity index (χ3n) is 3.92. The van der Waals surface area contributed by atoms with Gasteiger partial charge in [0.1, 0.15) is 11.6 Å². The van der Waals surface area contributed by atoms with Crippen molar-refractivity contribution in [3.63, 3.8) is 0 Å². The van der Waals surface area contributed by atoms with Gasteiger partial charge in [0.05, 0.1) is 7.11 Å². The normalized spacial score (nSPS) is 26.2. The van der Waals surface area contributed by atoms with Crippen molar-refractivity contribution in [2.45, 2.75) is 32.4 Å². The van der Waals surface area contributed by atoms with Crippen LogP contribution in [0, 0.1) is 11.7 Å². The van der Waals surface area contributed by atoms with Crippen LogP contribution in [0.4, 0.5) is 4.39 Å². The molecule has 4 heteroatoms. The standard InChI is InChI=1S/C15H23FN2O/c1-10-7-12(17)9-18(8-10)11(2)15-13(16)5-4-6-14(15)19-3/h4-6,10-12H,7-9,17H2,1-3H3. The number of nitrogens with zero attached hydrogens (tertiary/aromatic N) is 1. The molecule has 1 heterocycles. The molecule has 1 aromatic carbocycles. The van der Waals surface area contributed by atoms with Crippen LogP contribution in [-0.2, 0) is 0 Å². The van der Waals surface area contributed by atoms with E-state index in [0.717, 1.165) is 19.5 Å². The summed E-state index contributed by atoms with van der Waals surface area (Å²) >= 11 is 0. The van der Waals surface area contributed by atoms with Gasteiger partial charge in [-0.15, -0.1) is 0 Å². The molecule has 0 saturated carbocycles. The van der Waals surface area contributed by atoms with Crippen LogP contribution in [0.25, 0.3) is 0 Å². The number of ether oxygens (including phenoxy) is 1. The first kappa shape index (κ1) is 14.3. The second kappa shape index (κ2) is 5.88. The zero-order valence-electron chi connectivity index (χ0n) is 11.9. The molecular formula is C15H23FN2O. The molecule has 0 radical (unpaired) electrons. The molecule has 1 aliphatic heterocycles. The minimum Gasteiger partial charge on any atom is -0.496 e. The molecule has 0 aromatic heterocycles. The highest BCUT2D eigenvalue weighted by Gasteiger charge is 2.29. The van der Waals surface area contributed by atoms with Gasteiger partial charge in [0, 0.05) is 30.7 Å². The number of hydrogen-bond acceptors (Lipinski definition) is 3. The van der Waals surface area contributed by atoms with Gasteiger partial charge in [-0.1, -0.05) is 13.0 Å². The Labute approximate surface area is 114 Å². The number of nitrogens with two attached hydrogens (primary N) is 1. The maximum Gasteiger partial charge on any atom is 0.131 e. The molecule has 1 fully saturated rings. The number of piperidine rings is 1. The van der Waals surface area contributed by atoms with E-state index in [9.17, 15) is 4.39 Å². The SMILES string of the molecule is COc1cccc(F)c1C(C)N1CC(C)CC(N)C1. The topological polar surface area (TPSA) is 38.5 Å². The Bertz CT molecular complexity index is 428. The second-order valence-electron chi connectivity index (χ2n) is 5.59. The van der Waals surface area contributed by atoms with Crippen molar-refractivity contribution in [1.29, 1.82) is 0 Å². The van der Waals surface area contributed by atoms with E-state index in [2.05, 4.69) is 11.8 Å². The number of halogens is 1. The largest absolute Gasteiger partial charge is 0.496 e. The van der Waals surface area contributed by atoms with Crippen LogP contribution in [0.5, 0.6) is 5.75 Å². The van der Waals surface area contributed by atoms with E-state index in [1.807, 2.05) is 13.0 Å². The first-order valence-corrected chi connectivity index (χ1v) is 6.85. The first-order valence-electron chi connectivity index (χ1n) is 6.85. The van der Waals surface area contributed by atoms with E-state index in [0.29, 0.717) is 17.2 Å². The minimum absolute atomic E-state index is 0.0232. The Morgan fingerprint density at radius 2 is 2.16 bits per heavy atom. The van der Waals surface area contributed by atoms with Crippen molar-refractivity contribution >= 4 is 0 Å². The zero-order valence-corrected chi connectivity index (χ0v) is 11.9. The summed E-state index contributed by atoms with van der Waals surface area (Å²) in [5.74, 6) is 0.946. The quantitative estimate of drug-likeness (QED) is 0.914. The zero-order chi connectivity index (χ0) is 14.0. The summed E-state index contributed by atoms with van der Waals surface area (Å²) < 4.78 is 19.4. The molecule has 1 saturated heterocycles. The van der Waals surface area contributed by atoms with Gasteiger partial charge in [-0.3, -0.25) is 4.90 Å². The molecule has 19 heavy (non-hydrogen) atoms. The van der Waals surface area contributed by atoms with Gasteiger partial charge >= 0.3 is 0 Å². The van der Waals surface area contributed by atoms with Crippen LogP contribution in [-0.4, -0.2) is 31.1 Å². The second-order valence-corrected chi connectivity index (χ2v) is 5.59. The lowest BCUT2D eigenvalue weighted by Crippen LogP contribution is -2.47. The fraction of sp³-hybridized carbons (Fsp3) is 0.600.